The normalized spacial score (nSPS) is 9.87. The fourth-order valence-electron chi connectivity index (χ4n) is 1.17. The maximum atomic E-state index is 10.7. The molecular formula is C11H9NO2S. The number of carbonyl (C=O) groups excluding carboxylic acids is 1. The third-order valence-corrected chi connectivity index (χ3v) is 2.65. The summed E-state index contributed by atoms with van der Waals surface area (Å²) in [5, 5.41) is 0. The molecule has 0 unspecified atom stereocenters. The van der Waals surface area contributed by atoms with E-state index in [9.17, 15) is 4.79 Å². The number of carbonyl (C=O) groups is 1. The molecule has 2 rings (SSSR count). The van der Waals surface area contributed by atoms with Gasteiger partial charge in [0, 0.05) is 6.20 Å². The first-order valence-corrected chi connectivity index (χ1v) is 5.32. The van der Waals surface area contributed by atoms with Gasteiger partial charge >= 0.3 is 0 Å². The summed E-state index contributed by atoms with van der Waals surface area (Å²) in [4.78, 5) is 15.7. The molecule has 0 radical (unpaired) electrons. The van der Waals surface area contributed by atoms with Crippen molar-refractivity contribution in [3.05, 3.63) is 46.4 Å². The van der Waals surface area contributed by atoms with Gasteiger partial charge in [-0.15, -0.1) is 11.3 Å². The molecule has 0 aliphatic rings. The van der Waals surface area contributed by atoms with Crippen molar-refractivity contribution in [3.8, 4) is 5.75 Å². The number of para-hydroxylation sites is 1. The van der Waals surface area contributed by atoms with E-state index >= 15 is 0 Å². The number of thiazole rings is 1. The molecule has 15 heavy (non-hydrogen) atoms. The summed E-state index contributed by atoms with van der Waals surface area (Å²) in [7, 11) is 0. The summed E-state index contributed by atoms with van der Waals surface area (Å²) in [6, 6.07) is 7.16. The second kappa shape index (κ2) is 4.70. The lowest BCUT2D eigenvalue weighted by atomic mass is 10.2. The number of nitrogens with zero attached hydrogens (tertiary/aromatic N) is 1. The van der Waals surface area contributed by atoms with Crippen LogP contribution in [0.1, 0.15) is 15.2 Å². The fourth-order valence-corrected chi connectivity index (χ4v) is 1.68. The van der Waals surface area contributed by atoms with E-state index < -0.39 is 0 Å². The van der Waals surface area contributed by atoms with E-state index in [0.717, 1.165) is 11.2 Å². The standard InChI is InChI=1S/C11H9NO2S/c13-6-9-3-1-2-4-11(9)14-7-10-5-12-8-15-10/h1-6,8H,7H2. The van der Waals surface area contributed by atoms with Crippen LogP contribution in [0.2, 0.25) is 0 Å². The minimum Gasteiger partial charge on any atom is -0.487 e. The Labute approximate surface area is 91.4 Å². The van der Waals surface area contributed by atoms with Gasteiger partial charge in [0.2, 0.25) is 0 Å². The van der Waals surface area contributed by atoms with Crippen LogP contribution in [0.5, 0.6) is 5.75 Å². The molecule has 0 saturated carbocycles. The number of aldehydes is 1. The Hall–Kier alpha value is -1.68. The molecular weight excluding hydrogens is 210 g/mol. The van der Waals surface area contributed by atoms with Gasteiger partial charge in [-0.1, -0.05) is 12.1 Å². The Kier molecular flexibility index (Phi) is 3.09. The molecule has 1 heterocycles. The SMILES string of the molecule is O=Cc1ccccc1OCc1cncs1. The van der Waals surface area contributed by atoms with Crippen molar-refractivity contribution in [2.75, 3.05) is 0 Å². The van der Waals surface area contributed by atoms with Crippen LogP contribution in [-0.4, -0.2) is 11.3 Å². The van der Waals surface area contributed by atoms with Crippen LogP contribution in [0, 0.1) is 0 Å². The Bertz CT molecular complexity index is 440. The third kappa shape index (κ3) is 2.41. The van der Waals surface area contributed by atoms with Crippen LogP contribution in [0.3, 0.4) is 0 Å². The van der Waals surface area contributed by atoms with Crippen LogP contribution in [0.4, 0.5) is 0 Å². The van der Waals surface area contributed by atoms with E-state index in [2.05, 4.69) is 4.98 Å². The molecule has 3 nitrogen and oxygen atoms in total. The van der Waals surface area contributed by atoms with Crippen molar-refractivity contribution < 1.29 is 9.53 Å². The van der Waals surface area contributed by atoms with Crippen LogP contribution < -0.4 is 4.74 Å². The van der Waals surface area contributed by atoms with Gasteiger partial charge in [-0.2, -0.15) is 0 Å². The minimum absolute atomic E-state index is 0.454. The van der Waals surface area contributed by atoms with Crippen molar-refractivity contribution >= 4 is 17.6 Å². The first-order chi connectivity index (χ1) is 7.40. The Morgan fingerprint density at radius 2 is 2.27 bits per heavy atom. The molecule has 0 spiro atoms. The first kappa shape index (κ1) is 9.86. The molecule has 0 N–H and O–H groups in total. The summed E-state index contributed by atoms with van der Waals surface area (Å²) in [6.45, 7) is 0.454. The quantitative estimate of drug-likeness (QED) is 0.742. The summed E-state index contributed by atoms with van der Waals surface area (Å²) >= 11 is 1.53. The number of ether oxygens (including phenoxy) is 1. The average molecular weight is 219 g/mol. The Morgan fingerprint density at radius 3 is 3.00 bits per heavy atom. The zero-order chi connectivity index (χ0) is 10.5. The summed E-state index contributed by atoms with van der Waals surface area (Å²) in [6.07, 6.45) is 2.55. The third-order valence-electron chi connectivity index (χ3n) is 1.90. The Balaban J connectivity index is 2.07. The van der Waals surface area contributed by atoms with Gasteiger partial charge in [0.05, 0.1) is 16.0 Å². The zero-order valence-electron chi connectivity index (χ0n) is 7.92. The topological polar surface area (TPSA) is 39.2 Å². The van der Waals surface area contributed by atoms with Gasteiger partial charge < -0.3 is 4.74 Å². The highest BCUT2D eigenvalue weighted by molar-refractivity contribution is 7.09. The van der Waals surface area contributed by atoms with Crippen LogP contribution >= 0.6 is 11.3 Å². The Morgan fingerprint density at radius 1 is 1.40 bits per heavy atom. The lowest BCUT2D eigenvalue weighted by molar-refractivity contribution is 0.111. The molecule has 0 aliphatic carbocycles. The van der Waals surface area contributed by atoms with Gasteiger partial charge in [-0.25, -0.2) is 0 Å². The molecule has 0 aliphatic heterocycles. The largest absolute Gasteiger partial charge is 0.487 e. The number of rotatable bonds is 4. The van der Waals surface area contributed by atoms with Gasteiger partial charge in [0.25, 0.3) is 0 Å². The number of hydrogen-bond donors (Lipinski definition) is 0. The number of benzene rings is 1. The molecule has 0 atom stereocenters. The fraction of sp³-hybridized carbons (Fsp3) is 0.0909. The number of hydrogen-bond acceptors (Lipinski definition) is 4. The molecule has 0 saturated heterocycles. The zero-order valence-corrected chi connectivity index (χ0v) is 8.74. The van der Waals surface area contributed by atoms with Crippen LogP contribution in [0.25, 0.3) is 0 Å². The van der Waals surface area contributed by atoms with Crippen LogP contribution in [-0.2, 0) is 6.61 Å². The maximum Gasteiger partial charge on any atom is 0.153 e. The van der Waals surface area contributed by atoms with E-state index in [0.29, 0.717) is 17.9 Å². The van der Waals surface area contributed by atoms with Crippen molar-refractivity contribution in [2.24, 2.45) is 0 Å². The highest BCUT2D eigenvalue weighted by Gasteiger charge is 2.02. The lowest BCUT2D eigenvalue weighted by Gasteiger charge is -2.05. The lowest BCUT2D eigenvalue weighted by Crippen LogP contribution is -1.96. The maximum absolute atomic E-state index is 10.7. The molecule has 76 valence electrons. The highest BCUT2D eigenvalue weighted by Crippen LogP contribution is 2.18. The van der Waals surface area contributed by atoms with E-state index in [1.807, 2.05) is 12.1 Å². The van der Waals surface area contributed by atoms with Gasteiger partial charge in [-0.05, 0) is 12.1 Å². The van der Waals surface area contributed by atoms with E-state index in [4.69, 9.17) is 4.74 Å². The summed E-state index contributed by atoms with van der Waals surface area (Å²) < 4.78 is 5.51. The van der Waals surface area contributed by atoms with Gasteiger partial charge in [-0.3, -0.25) is 9.78 Å². The van der Waals surface area contributed by atoms with Gasteiger partial charge in [0.1, 0.15) is 12.4 Å². The molecule has 0 amide bonds. The molecule has 0 bridgehead atoms. The second-order valence-corrected chi connectivity index (χ2v) is 3.88. The first-order valence-electron chi connectivity index (χ1n) is 4.44. The average Bonchev–Trinajstić information content (AvgIpc) is 2.79. The van der Waals surface area contributed by atoms with E-state index in [1.54, 1.807) is 23.8 Å². The highest BCUT2D eigenvalue weighted by atomic mass is 32.1. The van der Waals surface area contributed by atoms with E-state index in [1.165, 1.54) is 11.3 Å². The predicted molar refractivity (Wildman–Crippen MR) is 58.3 cm³/mol. The molecule has 2 aromatic rings. The van der Waals surface area contributed by atoms with Crippen molar-refractivity contribution in [1.82, 2.24) is 4.98 Å². The predicted octanol–water partition coefficient (Wildman–Crippen LogP) is 2.53. The molecule has 0 fully saturated rings. The second-order valence-electron chi connectivity index (χ2n) is 2.91. The minimum atomic E-state index is 0.454. The van der Waals surface area contributed by atoms with Crippen molar-refractivity contribution in [2.45, 2.75) is 6.61 Å². The van der Waals surface area contributed by atoms with Crippen molar-refractivity contribution in [1.29, 1.82) is 0 Å². The summed E-state index contributed by atoms with van der Waals surface area (Å²) in [5.74, 6) is 0.612. The molecule has 1 aromatic heterocycles. The van der Waals surface area contributed by atoms with Gasteiger partial charge in [0.15, 0.2) is 6.29 Å². The van der Waals surface area contributed by atoms with Crippen LogP contribution in [0.15, 0.2) is 36.0 Å². The monoisotopic (exact) mass is 219 g/mol. The summed E-state index contributed by atoms with van der Waals surface area (Å²) in [5.41, 5.74) is 2.33. The molecule has 4 heteroatoms. The number of aromatic nitrogens is 1. The van der Waals surface area contributed by atoms with E-state index in [-0.39, 0.29) is 0 Å². The van der Waals surface area contributed by atoms with Crippen molar-refractivity contribution in [3.63, 3.8) is 0 Å². The smallest absolute Gasteiger partial charge is 0.153 e. The molecule has 1 aromatic carbocycles.